The molecular formula is C33H37ClN2O4. The largest absolute Gasteiger partial charge is 0.482 e. The number of Topliss-reactive ketones (excluding diaryl/α,β-unsaturated/α-hetero) is 2. The van der Waals surface area contributed by atoms with Crippen LogP contribution in [0.2, 0.25) is 5.02 Å². The molecular weight excluding hydrogens is 524 g/mol. The van der Waals surface area contributed by atoms with Crippen LogP contribution in [0.1, 0.15) is 76.0 Å². The van der Waals surface area contributed by atoms with Gasteiger partial charge in [0.1, 0.15) is 5.75 Å². The van der Waals surface area contributed by atoms with Crippen molar-refractivity contribution >= 4 is 34.8 Å². The van der Waals surface area contributed by atoms with Gasteiger partial charge in [-0.3, -0.25) is 14.4 Å². The van der Waals surface area contributed by atoms with Gasteiger partial charge in [-0.2, -0.15) is 0 Å². The fourth-order valence-electron chi connectivity index (χ4n) is 6.32. The highest BCUT2D eigenvalue weighted by Gasteiger charge is 2.46. The first-order chi connectivity index (χ1) is 18.7. The van der Waals surface area contributed by atoms with E-state index in [-0.39, 0.29) is 34.9 Å². The van der Waals surface area contributed by atoms with Gasteiger partial charge < -0.3 is 15.4 Å². The molecule has 210 valence electrons. The molecule has 2 aromatic rings. The number of benzene rings is 2. The van der Waals surface area contributed by atoms with Crippen LogP contribution in [-0.4, -0.2) is 24.1 Å². The molecule has 0 saturated heterocycles. The van der Waals surface area contributed by atoms with Crippen LogP contribution in [0.15, 0.2) is 58.9 Å². The lowest BCUT2D eigenvalue weighted by Gasteiger charge is -2.44. The Hall–Kier alpha value is -3.38. The van der Waals surface area contributed by atoms with Gasteiger partial charge in [0.15, 0.2) is 18.2 Å². The summed E-state index contributed by atoms with van der Waals surface area (Å²) in [4.78, 5) is 39.6. The van der Waals surface area contributed by atoms with Crippen molar-refractivity contribution in [1.29, 1.82) is 0 Å². The molecule has 0 aromatic heterocycles. The molecule has 6 nitrogen and oxygen atoms in total. The summed E-state index contributed by atoms with van der Waals surface area (Å²) in [5.74, 6) is -0.274. The first-order valence-corrected chi connectivity index (χ1v) is 14.2. The molecule has 0 fully saturated rings. The Morgan fingerprint density at radius 2 is 1.52 bits per heavy atom. The lowest BCUT2D eigenvalue weighted by Crippen LogP contribution is -2.42. The van der Waals surface area contributed by atoms with Gasteiger partial charge in [-0.05, 0) is 66.8 Å². The summed E-state index contributed by atoms with van der Waals surface area (Å²) in [6, 6.07) is 11.2. The van der Waals surface area contributed by atoms with Gasteiger partial charge in [-0.15, -0.1) is 0 Å². The maximum atomic E-state index is 13.5. The molecule has 0 saturated carbocycles. The quantitative estimate of drug-likeness (QED) is 0.413. The molecule has 1 aliphatic heterocycles. The van der Waals surface area contributed by atoms with Gasteiger partial charge in [-0.25, -0.2) is 0 Å². The van der Waals surface area contributed by atoms with E-state index in [2.05, 4.69) is 38.3 Å². The van der Waals surface area contributed by atoms with Crippen molar-refractivity contribution in [3.05, 3.63) is 80.7 Å². The average molecular weight is 561 g/mol. The number of halogens is 1. The number of anilines is 1. The average Bonchev–Trinajstić information content (AvgIpc) is 2.82. The number of amides is 1. The molecule has 0 unspecified atom stereocenters. The predicted octanol–water partition coefficient (Wildman–Crippen LogP) is 6.95. The van der Waals surface area contributed by atoms with Crippen molar-refractivity contribution in [2.45, 2.75) is 73.1 Å². The van der Waals surface area contributed by atoms with E-state index < -0.39 is 5.92 Å². The molecule has 3 aliphatic rings. The zero-order chi connectivity index (χ0) is 29.0. The van der Waals surface area contributed by atoms with E-state index >= 15 is 0 Å². The molecule has 2 aliphatic carbocycles. The first kappa shape index (κ1) is 28.2. The summed E-state index contributed by atoms with van der Waals surface area (Å²) >= 11 is 6.67. The number of ketones is 2. The third kappa shape index (κ3) is 5.60. The summed E-state index contributed by atoms with van der Waals surface area (Å²) in [6.45, 7) is 12.1. The highest BCUT2D eigenvalue weighted by atomic mass is 35.5. The number of hydrogen-bond donors (Lipinski definition) is 2. The lowest BCUT2D eigenvalue weighted by atomic mass is 9.64. The molecule has 40 heavy (non-hydrogen) atoms. The normalized spacial score (nSPS) is 20.1. The van der Waals surface area contributed by atoms with Crippen LogP contribution in [0.5, 0.6) is 5.75 Å². The highest BCUT2D eigenvalue weighted by molar-refractivity contribution is 6.32. The predicted molar refractivity (Wildman–Crippen MR) is 157 cm³/mol. The number of ether oxygens (including phenoxy) is 1. The number of allylic oxidation sites excluding steroid dienone is 4. The molecule has 0 bridgehead atoms. The number of carbonyl (C=O) groups excluding carboxylic acids is 3. The fraction of sp³-hybridized carbons (Fsp3) is 0.424. The second-order valence-corrected chi connectivity index (χ2v) is 13.5. The van der Waals surface area contributed by atoms with E-state index in [0.717, 1.165) is 46.6 Å². The molecule has 2 N–H and O–H groups in total. The van der Waals surface area contributed by atoms with Gasteiger partial charge in [0.2, 0.25) is 0 Å². The molecule has 1 heterocycles. The van der Waals surface area contributed by atoms with Gasteiger partial charge >= 0.3 is 0 Å². The van der Waals surface area contributed by atoms with E-state index in [4.69, 9.17) is 16.3 Å². The van der Waals surface area contributed by atoms with Crippen LogP contribution in [0.4, 0.5) is 5.69 Å². The monoisotopic (exact) mass is 560 g/mol. The molecule has 0 atom stereocenters. The zero-order valence-corrected chi connectivity index (χ0v) is 24.8. The molecule has 2 aromatic carbocycles. The third-order valence-electron chi connectivity index (χ3n) is 8.02. The van der Waals surface area contributed by atoms with Crippen molar-refractivity contribution in [3.8, 4) is 5.75 Å². The Morgan fingerprint density at radius 3 is 2.08 bits per heavy atom. The van der Waals surface area contributed by atoms with Crippen LogP contribution >= 0.6 is 11.6 Å². The Kier molecular flexibility index (Phi) is 7.20. The van der Waals surface area contributed by atoms with E-state index in [1.165, 1.54) is 0 Å². The van der Waals surface area contributed by atoms with E-state index in [0.29, 0.717) is 34.8 Å². The van der Waals surface area contributed by atoms with E-state index in [9.17, 15) is 14.4 Å². The SMILES string of the molecule is Cc1ccc(NC(=O)COc2ccc(C3C4=C(CC(C)(C)CC4=O)NC4=C3C(=O)CC(C)(C)C4)cc2Cl)c(C)c1. The minimum absolute atomic E-state index is 0.0625. The van der Waals surface area contributed by atoms with Crippen molar-refractivity contribution in [1.82, 2.24) is 5.32 Å². The molecule has 5 rings (SSSR count). The second-order valence-electron chi connectivity index (χ2n) is 13.1. The molecule has 1 amide bonds. The van der Waals surface area contributed by atoms with Crippen LogP contribution in [0.3, 0.4) is 0 Å². The number of carbonyl (C=O) groups is 3. The van der Waals surface area contributed by atoms with Gasteiger partial charge in [0, 0.05) is 47.0 Å². The minimum Gasteiger partial charge on any atom is -0.482 e. The minimum atomic E-state index is -0.474. The fourth-order valence-corrected chi connectivity index (χ4v) is 6.56. The second kappa shape index (κ2) is 10.2. The lowest BCUT2D eigenvalue weighted by molar-refractivity contribution is -0.119. The van der Waals surface area contributed by atoms with Gasteiger partial charge in [0.05, 0.1) is 5.02 Å². The van der Waals surface area contributed by atoms with Crippen LogP contribution in [0, 0.1) is 24.7 Å². The van der Waals surface area contributed by atoms with Gasteiger partial charge in [-0.1, -0.05) is 63.1 Å². The number of dihydropyridines is 1. The molecule has 0 radical (unpaired) electrons. The Bertz CT molecular complexity index is 1450. The first-order valence-electron chi connectivity index (χ1n) is 13.8. The Balaban J connectivity index is 1.42. The Labute approximate surface area is 241 Å². The number of hydrogen-bond acceptors (Lipinski definition) is 5. The highest BCUT2D eigenvalue weighted by Crippen LogP contribution is 2.51. The smallest absolute Gasteiger partial charge is 0.262 e. The summed E-state index contributed by atoms with van der Waals surface area (Å²) < 4.78 is 5.77. The van der Waals surface area contributed by atoms with E-state index in [1.54, 1.807) is 12.1 Å². The van der Waals surface area contributed by atoms with Gasteiger partial charge in [0.25, 0.3) is 5.91 Å². The maximum Gasteiger partial charge on any atom is 0.262 e. The maximum absolute atomic E-state index is 13.5. The summed E-state index contributed by atoms with van der Waals surface area (Å²) in [6.07, 6.45) is 2.33. The van der Waals surface area contributed by atoms with Crippen molar-refractivity contribution in [2.75, 3.05) is 11.9 Å². The van der Waals surface area contributed by atoms with Crippen LogP contribution in [-0.2, 0) is 14.4 Å². The molecule has 7 heteroatoms. The third-order valence-corrected chi connectivity index (χ3v) is 8.32. The molecule has 0 spiro atoms. The number of aryl methyl sites for hydroxylation is 2. The summed E-state index contributed by atoms with van der Waals surface area (Å²) in [5.41, 5.74) is 6.45. The zero-order valence-electron chi connectivity index (χ0n) is 24.1. The van der Waals surface area contributed by atoms with Crippen molar-refractivity contribution in [3.63, 3.8) is 0 Å². The standard InChI is InChI=1S/C33H37ClN2O4/c1-18-7-9-22(19(2)11-18)36-28(39)17-40-27-10-8-20(12-21(27)34)29-30-23(13-32(3,4)15-25(30)37)35-24-14-33(5,6)16-26(38)31(24)29/h7-12,29,35H,13-17H2,1-6H3,(H,36,39). The van der Waals surface area contributed by atoms with Crippen molar-refractivity contribution < 1.29 is 19.1 Å². The topological polar surface area (TPSA) is 84.5 Å². The number of nitrogens with one attached hydrogen (secondary N) is 2. The number of rotatable bonds is 5. The van der Waals surface area contributed by atoms with E-state index in [1.807, 2.05) is 38.1 Å². The van der Waals surface area contributed by atoms with Crippen LogP contribution in [0.25, 0.3) is 0 Å². The van der Waals surface area contributed by atoms with Crippen molar-refractivity contribution in [2.24, 2.45) is 10.8 Å². The summed E-state index contributed by atoms with van der Waals surface area (Å²) in [5, 5.41) is 6.73. The Morgan fingerprint density at radius 1 is 0.925 bits per heavy atom. The van der Waals surface area contributed by atoms with Crippen LogP contribution < -0.4 is 15.4 Å². The summed E-state index contributed by atoms with van der Waals surface area (Å²) in [7, 11) is 0.